The summed E-state index contributed by atoms with van der Waals surface area (Å²) < 4.78 is 55.9. The summed E-state index contributed by atoms with van der Waals surface area (Å²) in [7, 11) is -7.89. The highest BCUT2D eigenvalue weighted by molar-refractivity contribution is 7.65. The van der Waals surface area contributed by atoms with Gasteiger partial charge >= 0.3 is 27.2 Å². The number of rotatable bonds is 21. The minimum absolute atomic E-state index is 0.0209. The topological polar surface area (TPSA) is 243 Å². The zero-order valence-electron chi connectivity index (χ0n) is 36.3. The number of hydrogen-bond acceptors (Lipinski definition) is 14. The number of esters is 2. The Morgan fingerprint density at radius 1 is 1.03 bits per heavy atom. The lowest BCUT2D eigenvalue weighted by Crippen LogP contribution is -2.44. The van der Waals surface area contributed by atoms with Crippen LogP contribution >= 0.6 is 15.3 Å². The molecule has 0 fully saturated rings. The van der Waals surface area contributed by atoms with Gasteiger partial charge in [0.05, 0.1) is 48.3 Å². The number of nitrogens with zero attached hydrogens (tertiary/aromatic N) is 2. The summed E-state index contributed by atoms with van der Waals surface area (Å²) in [4.78, 5) is 56.9. The molecule has 64 heavy (non-hydrogen) atoms. The average Bonchev–Trinajstić information content (AvgIpc) is 3.64. The number of aryl methyl sites for hydroxylation is 1. The first-order chi connectivity index (χ1) is 30.5. The van der Waals surface area contributed by atoms with Gasteiger partial charge in [0.25, 0.3) is 11.5 Å². The molecule has 4 heterocycles. The Labute approximate surface area is 370 Å². The van der Waals surface area contributed by atoms with Gasteiger partial charge < -0.3 is 43.7 Å². The van der Waals surface area contributed by atoms with Crippen LogP contribution in [0.2, 0.25) is 0 Å². The Kier molecular flexibility index (Phi) is 15.2. The monoisotopic (exact) mass is 921 g/mol. The molecule has 2 aliphatic heterocycles. The molecule has 0 bridgehead atoms. The van der Waals surface area contributed by atoms with Gasteiger partial charge in [-0.1, -0.05) is 20.3 Å². The number of nitrogens with one attached hydrogen (secondary N) is 3. The molecule has 6 rings (SSSR count). The van der Waals surface area contributed by atoms with Crippen molar-refractivity contribution in [3.8, 4) is 29.2 Å². The molecule has 3 unspecified atom stereocenters. The Bertz CT molecular complexity index is 2630. The van der Waals surface area contributed by atoms with E-state index in [0.29, 0.717) is 65.8 Å². The fourth-order valence-electron chi connectivity index (χ4n) is 7.49. The highest BCUT2D eigenvalue weighted by atomic mass is 31.2. The van der Waals surface area contributed by atoms with Gasteiger partial charge in [-0.15, -0.1) is 6.42 Å². The summed E-state index contributed by atoms with van der Waals surface area (Å²) >= 11 is 0. The van der Waals surface area contributed by atoms with Crippen molar-refractivity contribution in [2.24, 2.45) is 0 Å². The Morgan fingerprint density at radius 2 is 1.77 bits per heavy atom. The van der Waals surface area contributed by atoms with Crippen LogP contribution in [-0.4, -0.2) is 76.1 Å². The molecule has 5 N–H and O–H groups in total. The molecule has 1 amide bonds. The molecule has 4 atom stereocenters. The molecule has 0 radical (unpaired) electrons. The normalized spacial score (nSPS) is 17.5. The summed E-state index contributed by atoms with van der Waals surface area (Å²) in [6.07, 6.45) is 5.87. The van der Waals surface area contributed by atoms with Gasteiger partial charge in [0.2, 0.25) is 0 Å². The molecule has 0 aliphatic carbocycles. The van der Waals surface area contributed by atoms with E-state index in [9.17, 15) is 33.4 Å². The number of unbranched alkanes of at least 4 members (excludes halogenated alkanes) is 2. The van der Waals surface area contributed by atoms with E-state index < -0.39 is 45.0 Å². The van der Waals surface area contributed by atoms with Crippen LogP contribution in [0.25, 0.3) is 22.3 Å². The van der Waals surface area contributed by atoms with Crippen LogP contribution in [-0.2, 0) is 62.4 Å². The van der Waals surface area contributed by atoms with Crippen molar-refractivity contribution in [1.82, 2.24) is 20.0 Å². The van der Waals surface area contributed by atoms with Gasteiger partial charge in [-0.25, -0.2) is 24.2 Å². The standard InChI is InChI=1S/C44H53N5O13P2/c1-7-32-33-23-31(17-18-37(33)47-39-34(32)25-49-38(39)24-36-35(41(49)52)26-58-43(54)44(36,55)8-2)62-64(57,61-28(6)42(53)60-27(4)5)46-20-12-10-11-19-45-40(51)29-13-15-30(16-14-29)48-63(56,9-3)59-22-21-50/h3,13-18,23-24,27-28,50,55H,7-8,10-12,19-22,25-26H2,1-2,4-6H3,(H,45,51)(H,46,57)(H,48,56)/t28?,44-,63?,64?/m0/s1. The first-order valence-electron chi connectivity index (χ1n) is 21.0. The second-order valence-corrected chi connectivity index (χ2v) is 19.1. The number of pyridine rings is 2. The number of fused-ring (bicyclic) bond motifs is 5. The number of carbonyl (C=O) groups is 3. The van der Waals surface area contributed by atoms with E-state index in [-0.39, 0.29) is 67.7 Å². The van der Waals surface area contributed by atoms with Crippen molar-refractivity contribution in [2.75, 3.05) is 31.4 Å². The largest absolute Gasteiger partial charge is 0.461 e. The highest BCUT2D eigenvalue weighted by Crippen LogP contribution is 2.48. The van der Waals surface area contributed by atoms with Gasteiger partial charge in [-0.2, -0.15) is 0 Å². The molecule has 2 aromatic heterocycles. The molecule has 2 aromatic carbocycles. The number of aliphatic hydroxyl groups is 2. The summed E-state index contributed by atoms with van der Waals surface area (Å²) in [5, 5.41) is 29.2. The maximum Gasteiger partial charge on any atom is 0.459 e. The van der Waals surface area contributed by atoms with Gasteiger partial charge in [-0.05, 0) is 101 Å². The van der Waals surface area contributed by atoms with Crippen molar-refractivity contribution < 1.29 is 56.8 Å². The summed E-state index contributed by atoms with van der Waals surface area (Å²) in [5.41, 5.74) is 4.14. The number of ether oxygens (including phenoxy) is 2. The molecule has 0 saturated carbocycles. The molecular formula is C44H53N5O13P2. The lowest BCUT2D eigenvalue weighted by atomic mass is 9.86. The van der Waals surface area contributed by atoms with Gasteiger partial charge in [0, 0.05) is 46.5 Å². The zero-order chi connectivity index (χ0) is 46.4. The minimum Gasteiger partial charge on any atom is -0.461 e. The first kappa shape index (κ1) is 48.1. The fourth-order valence-corrected chi connectivity index (χ4v) is 10.0. The van der Waals surface area contributed by atoms with E-state index in [1.807, 2.05) is 6.92 Å². The van der Waals surface area contributed by atoms with E-state index in [0.717, 1.165) is 11.1 Å². The van der Waals surface area contributed by atoms with Crippen LogP contribution < -0.4 is 25.6 Å². The van der Waals surface area contributed by atoms with Crippen molar-refractivity contribution >= 4 is 49.7 Å². The third kappa shape index (κ3) is 10.4. The van der Waals surface area contributed by atoms with Crippen LogP contribution in [0, 0.1) is 12.1 Å². The maximum atomic E-state index is 14.4. The smallest absolute Gasteiger partial charge is 0.459 e. The predicted octanol–water partition coefficient (Wildman–Crippen LogP) is 5.88. The molecule has 342 valence electrons. The van der Waals surface area contributed by atoms with Gasteiger partial charge in [-0.3, -0.25) is 18.7 Å². The van der Waals surface area contributed by atoms with E-state index in [1.54, 1.807) is 49.6 Å². The number of aromatic nitrogens is 2. The number of amides is 1. The molecule has 0 saturated heterocycles. The van der Waals surface area contributed by atoms with Crippen molar-refractivity contribution in [3.05, 3.63) is 86.7 Å². The quantitative estimate of drug-likeness (QED) is 0.0250. The van der Waals surface area contributed by atoms with E-state index in [4.69, 9.17) is 39.6 Å². The fraction of sp³-hybridized carbons (Fsp3) is 0.432. The zero-order valence-corrected chi connectivity index (χ0v) is 38.1. The minimum atomic E-state index is -4.24. The number of anilines is 1. The Morgan fingerprint density at radius 3 is 2.44 bits per heavy atom. The molecule has 2 aliphatic rings. The second kappa shape index (κ2) is 20.2. The number of cyclic esters (lactones) is 1. The lowest BCUT2D eigenvalue weighted by Gasteiger charge is -2.31. The van der Waals surface area contributed by atoms with Crippen molar-refractivity contribution in [1.29, 1.82) is 0 Å². The number of carbonyl (C=O) groups excluding carboxylic acids is 3. The van der Waals surface area contributed by atoms with Gasteiger partial charge in [0.1, 0.15) is 12.4 Å². The molecule has 0 spiro atoms. The summed E-state index contributed by atoms with van der Waals surface area (Å²) in [6, 6.07) is 12.8. The van der Waals surface area contributed by atoms with Gasteiger partial charge in [0.15, 0.2) is 11.7 Å². The van der Waals surface area contributed by atoms with Crippen molar-refractivity contribution in [2.45, 2.75) is 97.7 Å². The number of aliphatic hydroxyl groups excluding tert-OH is 1. The second-order valence-electron chi connectivity index (χ2n) is 15.5. The highest BCUT2D eigenvalue weighted by Gasteiger charge is 2.45. The number of terminal acetylenes is 1. The Balaban J connectivity index is 1.12. The van der Waals surface area contributed by atoms with Crippen LogP contribution in [0.1, 0.15) is 92.9 Å². The number of benzene rings is 2. The molecule has 18 nitrogen and oxygen atoms in total. The Hall–Kier alpha value is -5.37. The predicted molar refractivity (Wildman–Crippen MR) is 238 cm³/mol. The molecule has 4 aromatic rings. The molecule has 20 heteroatoms. The summed E-state index contributed by atoms with van der Waals surface area (Å²) in [5.74, 6) is -1.69. The molecular weight excluding hydrogens is 868 g/mol. The van der Waals surface area contributed by atoms with Crippen LogP contribution in [0.15, 0.2) is 53.3 Å². The third-order valence-electron chi connectivity index (χ3n) is 10.7. The SMILES string of the molecule is C#CP(=O)(Nc1ccc(C(=O)NCCCCCNP(=O)(Oc2ccc3nc4c(c(CC)c3c2)Cn2c-4cc3c(c2=O)COC(=O)[C@]3(O)CC)OC(C)C(=O)OC(C)C)cc1)OCCO. The third-order valence-corrected chi connectivity index (χ3v) is 13.8. The van der Waals surface area contributed by atoms with E-state index in [2.05, 4.69) is 21.2 Å². The van der Waals surface area contributed by atoms with E-state index in [1.165, 1.54) is 31.2 Å². The average molecular weight is 922 g/mol. The number of hydrogen-bond donors (Lipinski definition) is 5. The van der Waals surface area contributed by atoms with Crippen LogP contribution in [0.5, 0.6) is 5.75 Å². The van der Waals surface area contributed by atoms with Crippen LogP contribution in [0.3, 0.4) is 0 Å². The van der Waals surface area contributed by atoms with E-state index >= 15 is 0 Å². The lowest BCUT2D eigenvalue weighted by molar-refractivity contribution is -0.172. The van der Waals surface area contributed by atoms with Crippen LogP contribution in [0.4, 0.5) is 5.69 Å². The summed E-state index contributed by atoms with van der Waals surface area (Å²) in [6.45, 7) is 8.30. The van der Waals surface area contributed by atoms with Crippen molar-refractivity contribution in [3.63, 3.8) is 0 Å². The maximum absolute atomic E-state index is 14.4. The first-order valence-corrected chi connectivity index (χ1v) is 24.2.